The lowest BCUT2D eigenvalue weighted by molar-refractivity contribution is -0.132. The van der Waals surface area contributed by atoms with E-state index in [0.29, 0.717) is 11.3 Å². The molecular weight excluding hydrogens is 536 g/mol. The number of primary sulfonamides is 1. The molecule has 3 aromatic carbocycles. The molecule has 1 unspecified atom stereocenters. The number of aliphatic hydroxyl groups excluding tert-OH is 1. The van der Waals surface area contributed by atoms with Crippen LogP contribution < -0.4 is 24.2 Å². The quantitative estimate of drug-likeness (QED) is 0.254. The summed E-state index contributed by atoms with van der Waals surface area (Å²) in [6, 6.07) is 13.5. The topological polar surface area (TPSA) is 145 Å². The van der Waals surface area contributed by atoms with Gasteiger partial charge in [-0.1, -0.05) is 23.7 Å². The van der Waals surface area contributed by atoms with Crippen molar-refractivity contribution < 1.29 is 37.3 Å². The van der Waals surface area contributed by atoms with Crippen LogP contribution in [0.1, 0.15) is 17.2 Å². The van der Waals surface area contributed by atoms with E-state index in [1.54, 1.807) is 24.3 Å². The normalized spacial score (nSPS) is 17.0. The zero-order valence-electron chi connectivity index (χ0n) is 20.5. The molecular formula is C26H23ClN2O8S. The predicted octanol–water partition coefficient (Wildman–Crippen LogP) is 3.64. The minimum absolute atomic E-state index is 0.0689. The van der Waals surface area contributed by atoms with Crippen molar-refractivity contribution in [3.05, 3.63) is 82.4 Å². The van der Waals surface area contributed by atoms with Crippen molar-refractivity contribution in [2.45, 2.75) is 10.9 Å². The highest BCUT2D eigenvalue weighted by atomic mass is 35.5. The molecule has 3 N–H and O–H groups in total. The van der Waals surface area contributed by atoms with Crippen molar-refractivity contribution in [2.75, 3.05) is 26.2 Å². The number of halogens is 1. The Labute approximate surface area is 223 Å². The van der Waals surface area contributed by atoms with Gasteiger partial charge in [-0.3, -0.25) is 14.5 Å². The van der Waals surface area contributed by atoms with E-state index >= 15 is 0 Å². The SMILES string of the molecule is COc1ccc(C2/C(=C(\O)c3cc(Cl)c(OC)cc3OC)C(=O)C(=O)N2c2ccc(S(N)(=O)=O)cc2)cc1. The molecule has 10 nitrogen and oxygen atoms in total. The summed E-state index contributed by atoms with van der Waals surface area (Å²) < 4.78 is 39.2. The number of anilines is 1. The van der Waals surface area contributed by atoms with E-state index in [4.69, 9.17) is 31.0 Å². The average molecular weight is 559 g/mol. The van der Waals surface area contributed by atoms with Crippen molar-refractivity contribution in [1.29, 1.82) is 0 Å². The number of ether oxygens (including phenoxy) is 3. The minimum atomic E-state index is -3.99. The molecule has 4 rings (SSSR count). The lowest BCUT2D eigenvalue weighted by Gasteiger charge is -2.26. The van der Waals surface area contributed by atoms with Gasteiger partial charge < -0.3 is 19.3 Å². The highest BCUT2D eigenvalue weighted by Crippen LogP contribution is 2.45. The summed E-state index contributed by atoms with van der Waals surface area (Å²) in [5.41, 5.74) is 0.523. The van der Waals surface area contributed by atoms with Crippen LogP contribution in [0.2, 0.25) is 5.02 Å². The van der Waals surface area contributed by atoms with Crippen LogP contribution in [0.25, 0.3) is 5.76 Å². The van der Waals surface area contributed by atoms with Crippen LogP contribution in [0.5, 0.6) is 17.2 Å². The summed E-state index contributed by atoms with van der Waals surface area (Å²) in [4.78, 5) is 27.7. The molecule has 0 saturated carbocycles. The molecule has 0 aliphatic carbocycles. The first kappa shape index (κ1) is 27.0. The number of Topliss-reactive ketones (excluding diaryl/α,β-unsaturated/α-hetero) is 1. The maximum Gasteiger partial charge on any atom is 0.300 e. The van der Waals surface area contributed by atoms with Gasteiger partial charge in [-0.05, 0) is 48.0 Å². The summed E-state index contributed by atoms with van der Waals surface area (Å²) in [5, 5.41) is 16.8. The number of benzene rings is 3. The zero-order chi connectivity index (χ0) is 27.8. The highest BCUT2D eigenvalue weighted by Gasteiger charge is 2.47. The number of aliphatic hydroxyl groups is 1. The number of carbonyl (C=O) groups is 2. The summed E-state index contributed by atoms with van der Waals surface area (Å²) in [7, 11) is 0.285. The molecule has 1 saturated heterocycles. The largest absolute Gasteiger partial charge is 0.507 e. The van der Waals surface area contributed by atoms with E-state index in [2.05, 4.69) is 0 Å². The van der Waals surface area contributed by atoms with E-state index in [0.717, 1.165) is 0 Å². The van der Waals surface area contributed by atoms with Gasteiger partial charge in [-0.25, -0.2) is 13.6 Å². The van der Waals surface area contributed by atoms with Crippen LogP contribution in [-0.4, -0.2) is 46.5 Å². The van der Waals surface area contributed by atoms with Crippen molar-refractivity contribution in [1.82, 2.24) is 0 Å². The Morgan fingerprint density at radius 3 is 2.05 bits per heavy atom. The molecule has 1 heterocycles. The van der Waals surface area contributed by atoms with Crippen LogP contribution >= 0.6 is 11.6 Å². The third kappa shape index (κ3) is 4.78. The fourth-order valence-corrected chi connectivity index (χ4v) is 4.94. The predicted molar refractivity (Wildman–Crippen MR) is 140 cm³/mol. The molecule has 0 aromatic heterocycles. The Kier molecular flexibility index (Phi) is 7.36. The lowest BCUT2D eigenvalue weighted by atomic mass is 9.94. The maximum atomic E-state index is 13.4. The molecule has 198 valence electrons. The summed E-state index contributed by atoms with van der Waals surface area (Å²) >= 11 is 6.29. The van der Waals surface area contributed by atoms with Crippen molar-refractivity contribution >= 4 is 44.8 Å². The number of hydrogen-bond donors (Lipinski definition) is 2. The summed E-state index contributed by atoms with van der Waals surface area (Å²) in [5.74, 6) is -1.45. The first-order valence-corrected chi connectivity index (χ1v) is 12.9. The van der Waals surface area contributed by atoms with Gasteiger partial charge in [0.1, 0.15) is 23.0 Å². The highest BCUT2D eigenvalue weighted by molar-refractivity contribution is 7.89. The molecule has 3 aromatic rings. The number of sulfonamides is 1. The minimum Gasteiger partial charge on any atom is -0.507 e. The van der Waals surface area contributed by atoms with Gasteiger partial charge in [-0.2, -0.15) is 0 Å². The Morgan fingerprint density at radius 1 is 0.921 bits per heavy atom. The number of nitrogens with zero attached hydrogens (tertiary/aromatic N) is 1. The van der Waals surface area contributed by atoms with Crippen molar-refractivity contribution in [2.24, 2.45) is 5.14 Å². The van der Waals surface area contributed by atoms with Gasteiger partial charge in [0.15, 0.2) is 0 Å². The van der Waals surface area contributed by atoms with E-state index in [1.807, 2.05) is 0 Å². The second-order valence-electron chi connectivity index (χ2n) is 8.17. The molecule has 12 heteroatoms. The first-order valence-electron chi connectivity index (χ1n) is 11.0. The van der Waals surface area contributed by atoms with E-state index in [1.165, 1.54) is 62.6 Å². The Hall–Kier alpha value is -4.06. The van der Waals surface area contributed by atoms with E-state index in [-0.39, 0.29) is 38.2 Å². The standard InChI is InChI=1S/C26H23ClN2O8S/c1-35-16-8-4-14(5-9-16)23-22(24(30)18-12-19(27)21(37-3)13-20(18)36-2)25(31)26(32)29(23)15-6-10-17(11-7-15)38(28,33)34/h4-13,23,30H,1-3H3,(H2,28,33,34)/b24-22+. The number of nitrogens with two attached hydrogens (primary N) is 1. The number of amides is 1. The van der Waals surface area contributed by atoms with Crippen molar-refractivity contribution in [3.63, 3.8) is 0 Å². The van der Waals surface area contributed by atoms with Crippen molar-refractivity contribution in [3.8, 4) is 17.2 Å². The van der Waals surface area contributed by atoms with Crippen LogP contribution in [0, 0.1) is 0 Å². The first-order chi connectivity index (χ1) is 18.0. The Bertz CT molecular complexity index is 1550. The molecule has 1 aliphatic rings. The number of hydrogen-bond acceptors (Lipinski definition) is 8. The van der Waals surface area contributed by atoms with Crippen LogP contribution in [0.4, 0.5) is 5.69 Å². The fourth-order valence-electron chi connectivity index (χ4n) is 4.19. The molecule has 1 atom stereocenters. The molecule has 0 spiro atoms. The average Bonchev–Trinajstić information content (AvgIpc) is 3.17. The molecule has 0 radical (unpaired) electrons. The summed E-state index contributed by atoms with van der Waals surface area (Å²) in [6.45, 7) is 0. The second kappa shape index (κ2) is 10.4. The smallest absolute Gasteiger partial charge is 0.300 e. The lowest BCUT2D eigenvalue weighted by Crippen LogP contribution is -2.29. The molecule has 1 amide bonds. The second-order valence-corrected chi connectivity index (χ2v) is 10.1. The molecule has 0 bridgehead atoms. The zero-order valence-corrected chi connectivity index (χ0v) is 22.0. The number of carbonyl (C=O) groups excluding carboxylic acids is 2. The molecule has 1 fully saturated rings. The van der Waals surface area contributed by atoms with Gasteiger partial charge in [0.2, 0.25) is 10.0 Å². The van der Waals surface area contributed by atoms with Gasteiger partial charge in [0.05, 0.1) is 48.4 Å². The van der Waals surface area contributed by atoms with Crippen LogP contribution in [0.3, 0.4) is 0 Å². The number of methoxy groups -OCH3 is 3. The Morgan fingerprint density at radius 2 is 1.53 bits per heavy atom. The van der Waals surface area contributed by atoms with Gasteiger partial charge >= 0.3 is 0 Å². The van der Waals surface area contributed by atoms with E-state index in [9.17, 15) is 23.1 Å². The van der Waals surface area contributed by atoms with Crippen LogP contribution in [-0.2, 0) is 19.6 Å². The number of rotatable bonds is 7. The summed E-state index contributed by atoms with van der Waals surface area (Å²) in [6.07, 6.45) is 0. The third-order valence-corrected chi connectivity index (χ3v) is 7.27. The molecule has 1 aliphatic heterocycles. The monoisotopic (exact) mass is 558 g/mol. The maximum absolute atomic E-state index is 13.4. The van der Waals surface area contributed by atoms with Crippen LogP contribution in [0.15, 0.2) is 71.1 Å². The third-order valence-electron chi connectivity index (χ3n) is 6.05. The van der Waals surface area contributed by atoms with Gasteiger partial charge in [-0.15, -0.1) is 0 Å². The molecule has 38 heavy (non-hydrogen) atoms. The fraction of sp³-hybridized carbons (Fsp3) is 0.154. The van der Waals surface area contributed by atoms with Gasteiger partial charge in [0, 0.05) is 11.8 Å². The number of ketones is 1. The Balaban J connectivity index is 1.96. The van der Waals surface area contributed by atoms with E-state index < -0.39 is 33.5 Å². The van der Waals surface area contributed by atoms with Gasteiger partial charge in [0.25, 0.3) is 11.7 Å².